The second-order valence-electron chi connectivity index (χ2n) is 4.78. The van der Waals surface area contributed by atoms with E-state index < -0.39 is 10.0 Å². The smallest absolute Gasteiger partial charge is 0.208 e. The van der Waals surface area contributed by atoms with E-state index in [-0.39, 0.29) is 12.1 Å². The van der Waals surface area contributed by atoms with Crippen LogP contribution < -0.4 is 10.0 Å². The molecule has 18 heavy (non-hydrogen) atoms. The molecule has 99 valence electrons. The summed E-state index contributed by atoms with van der Waals surface area (Å²) in [6.45, 7) is 0.419. The van der Waals surface area contributed by atoms with Crippen molar-refractivity contribution in [1.29, 1.82) is 0 Å². The molecule has 0 aromatic heterocycles. The monoisotopic (exact) mass is 267 g/mol. The van der Waals surface area contributed by atoms with Crippen LogP contribution in [-0.4, -0.2) is 27.3 Å². The van der Waals surface area contributed by atoms with Crippen molar-refractivity contribution in [2.75, 3.05) is 12.8 Å². The molecule has 0 spiro atoms. The van der Waals surface area contributed by atoms with E-state index in [1.54, 1.807) is 0 Å². The van der Waals surface area contributed by atoms with Crippen LogP contribution in [0.5, 0.6) is 0 Å². The molecule has 1 fully saturated rings. The molecule has 2 atom stereocenters. The van der Waals surface area contributed by atoms with Crippen LogP contribution in [0.15, 0.2) is 30.3 Å². The third-order valence-corrected chi connectivity index (χ3v) is 3.86. The average Bonchev–Trinajstić information content (AvgIpc) is 2.37. The number of sulfonamides is 1. The molecule has 0 amide bonds. The maximum absolute atomic E-state index is 11.1. The Morgan fingerprint density at radius 3 is 2.67 bits per heavy atom. The molecule has 1 aliphatic heterocycles. The molecule has 0 saturated carbocycles. The van der Waals surface area contributed by atoms with E-state index in [1.165, 1.54) is 11.8 Å². The number of benzene rings is 1. The number of hydrogen-bond donors (Lipinski definition) is 1. The molecule has 5 heteroatoms. The van der Waals surface area contributed by atoms with Gasteiger partial charge in [0.15, 0.2) is 0 Å². The zero-order chi connectivity index (χ0) is 13.0. The van der Waals surface area contributed by atoms with Gasteiger partial charge in [-0.1, -0.05) is 30.3 Å². The first-order valence-electron chi connectivity index (χ1n) is 6.24. The second-order valence-corrected chi connectivity index (χ2v) is 6.61. The van der Waals surface area contributed by atoms with Crippen LogP contribution in [0.1, 0.15) is 30.9 Å². The minimum Gasteiger partial charge on any atom is -0.229 e. The molecule has 4 nitrogen and oxygen atoms in total. The number of nitrogens with zero attached hydrogens (tertiary/aromatic N) is 1. The molecule has 1 N–H and O–H groups in total. The Morgan fingerprint density at radius 2 is 2.00 bits per heavy atom. The SMILES string of the molecule is CS(=O)(=O)NCC1CCCC(c2ccccc2)[N]1. The highest BCUT2D eigenvalue weighted by Crippen LogP contribution is 2.26. The van der Waals surface area contributed by atoms with E-state index in [2.05, 4.69) is 16.9 Å². The molecule has 1 aromatic carbocycles. The third kappa shape index (κ3) is 4.08. The van der Waals surface area contributed by atoms with Crippen molar-refractivity contribution in [3.8, 4) is 0 Å². The highest BCUT2D eigenvalue weighted by atomic mass is 32.2. The first-order chi connectivity index (χ1) is 8.54. The third-order valence-electron chi connectivity index (χ3n) is 3.17. The average molecular weight is 267 g/mol. The van der Waals surface area contributed by atoms with Gasteiger partial charge in [0.05, 0.1) is 6.26 Å². The summed E-state index contributed by atoms with van der Waals surface area (Å²) in [4.78, 5) is 0. The molecule has 1 aromatic rings. The summed E-state index contributed by atoms with van der Waals surface area (Å²) in [5.41, 5.74) is 1.22. The lowest BCUT2D eigenvalue weighted by atomic mass is 9.93. The molecule has 0 bridgehead atoms. The van der Waals surface area contributed by atoms with E-state index in [0.717, 1.165) is 19.3 Å². The zero-order valence-electron chi connectivity index (χ0n) is 10.5. The summed E-state index contributed by atoms with van der Waals surface area (Å²) < 4.78 is 24.7. The molecule has 0 aliphatic carbocycles. The molecule has 1 radical (unpaired) electrons. The van der Waals surface area contributed by atoms with E-state index in [4.69, 9.17) is 5.32 Å². The summed E-state index contributed by atoms with van der Waals surface area (Å²) in [6.07, 6.45) is 4.30. The van der Waals surface area contributed by atoms with Gasteiger partial charge in [-0.25, -0.2) is 18.5 Å². The van der Waals surface area contributed by atoms with Gasteiger partial charge < -0.3 is 0 Å². The second kappa shape index (κ2) is 5.82. The highest BCUT2D eigenvalue weighted by molar-refractivity contribution is 7.88. The Hall–Kier alpha value is -0.910. The summed E-state index contributed by atoms with van der Waals surface area (Å²) in [7, 11) is -3.12. The molecule has 1 heterocycles. The van der Waals surface area contributed by atoms with Gasteiger partial charge >= 0.3 is 0 Å². The van der Waals surface area contributed by atoms with Crippen molar-refractivity contribution in [3.63, 3.8) is 0 Å². The van der Waals surface area contributed by atoms with Crippen LogP contribution in [-0.2, 0) is 10.0 Å². The standard InChI is InChI=1S/C13H19N2O2S/c1-18(16,17)14-10-12-8-5-9-13(15-12)11-6-3-2-4-7-11/h2-4,6-7,12-14H,5,8-10H2,1H3. The quantitative estimate of drug-likeness (QED) is 0.897. The van der Waals surface area contributed by atoms with Gasteiger partial charge in [0.25, 0.3) is 0 Å². The van der Waals surface area contributed by atoms with Crippen LogP contribution >= 0.6 is 0 Å². The van der Waals surface area contributed by atoms with Crippen molar-refractivity contribution >= 4 is 10.0 Å². The van der Waals surface area contributed by atoms with Gasteiger partial charge in [0.2, 0.25) is 10.0 Å². The van der Waals surface area contributed by atoms with Crippen molar-refractivity contribution in [2.45, 2.75) is 31.3 Å². The number of piperidine rings is 1. The van der Waals surface area contributed by atoms with Gasteiger partial charge in [-0.3, -0.25) is 0 Å². The largest absolute Gasteiger partial charge is 0.229 e. The lowest BCUT2D eigenvalue weighted by Crippen LogP contribution is -2.40. The minimum absolute atomic E-state index is 0.0960. The Bertz CT molecular complexity index is 473. The molecular weight excluding hydrogens is 248 g/mol. The lowest BCUT2D eigenvalue weighted by molar-refractivity contribution is 0.316. The van der Waals surface area contributed by atoms with Gasteiger partial charge in [-0.2, -0.15) is 0 Å². The van der Waals surface area contributed by atoms with Crippen molar-refractivity contribution < 1.29 is 8.42 Å². The van der Waals surface area contributed by atoms with Crippen molar-refractivity contribution in [2.24, 2.45) is 0 Å². The molecule has 1 aliphatic rings. The summed E-state index contributed by atoms with van der Waals surface area (Å²) in [5.74, 6) is 0. The first kappa shape index (κ1) is 13.5. The Balaban J connectivity index is 1.93. The number of hydrogen-bond acceptors (Lipinski definition) is 2. The zero-order valence-corrected chi connectivity index (χ0v) is 11.4. The maximum atomic E-state index is 11.1. The lowest BCUT2D eigenvalue weighted by Gasteiger charge is -2.29. The van der Waals surface area contributed by atoms with E-state index in [0.29, 0.717) is 6.54 Å². The van der Waals surface area contributed by atoms with Crippen LogP contribution in [0.4, 0.5) is 0 Å². The van der Waals surface area contributed by atoms with E-state index >= 15 is 0 Å². The van der Waals surface area contributed by atoms with Gasteiger partial charge in [-0.15, -0.1) is 0 Å². The van der Waals surface area contributed by atoms with Crippen LogP contribution in [0, 0.1) is 0 Å². The molecule has 2 unspecified atom stereocenters. The summed E-state index contributed by atoms with van der Waals surface area (Å²) in [5, 5.41) is 4.73. The Morgan fingerprint density at radius 1 is 1.28 bits per heavy atom. The normalized spacial score (nSPS) is 24.9. The Labute approximate surface area is 109 Å². The van der Waals surface area contributed by atoms with Gasteiger partial charge in [-0.05, 0) is 24.8 Å². The minimum atomic E-state index is -3.12. The molecule has 2 rings (SSSR count). The number of nitrogens with one attached hydrogen (secondary N) is 1. The topological polar surface area (TPSA) is 60.3 Å². The number of rotatable bonds is 4. The van der Waals surface area contributed by atoms with Crippen LogP contribution in [0.3, 0.4) is 0 Å². The van der Waals surface area contributed by atoms with Gasteiger partial charge in [0, 0.05) is 18.6 Å². The fourth-order valence-corrected chi connectivity index (χ4v) is 2.78. The first-order valence-corrected chi connectivity index (χ1v) is 8.13. The predicted molar refractivity (Wildman–Crippen MR) is 71.8 cm³/mol. The Kier molecular flexibility index (Phi) is 4.37. The fourth-order valence-electron chi connectivity index (χ4n) is 2.28. The summed E-state index contributed by atoms with van der Waals surface area (Å²) >= 11 is 0. The highest BCUT2D eigenvalue weighted by Gasteiger charge is 2.24. The van der Waals surface area contributed by atoms with E-state index in [1.807, 2.05) is 18.2 Å². The predicted octanol–water partition coefficient (Wildman–Crippen LogP) is 1.43. The molecular formula is C13H19N2O2S. The van der Waals surface area contributed by atoms with E-state index in [9.17, 15) is 8.42 Å². The summed E-state index contributed by atoms with van der Waals surface area (Å²) in [6, 6.07) is 10.5. The fraction of sp³-hybridized carbons (Fsp3) is 0.538. The molecule has 1 saturated heterocycles. The van der Waals surface area contributed by atoms with Gasteiger partial charge in [0.1, 0.15) is 0 Å². The van der Waals surface area contributed by atoms with Crippen LogP contribution in [0.2, 0.25) is 0 Å². The maximum Gasteiger partial charge on any atom is 0.208 e. The van der Waals surface area contributed by atoms with Crippen molar-refractivity contribution in [3.05, 3.63) is 35.9 Å². The van der Waals surface area contributed by atoms with Crippen molar-refractivity contribution in [1.82, 2.24) is 10.0 Å². The van der Waals surface area contributed by atoms with Crippen LogP contribution in [0.25, 0.3) is 0 Å².